The van der Waals surface area contributed by atoms with Gasteiger partial charge < -0.3 is 10.0 Å². The van der Waals surface area contributed by atoms with Gasteiger partial charge >= 0.3 is 5.97 Å². The summed E-state index contributed by atoms with van der Waals surface area (Å²) in [4.78, 5) is 31.8. The van der Waals surface area contributed by atoms with Crippen LogP contribution in [-0.4, -0.2) is 32.4 Å². The van der Waals surface area contributed by atoms with Gasteiger partial charge in [0.25, 0.3) is 0 Å². The molecule has 37 heavy (non-hydrogen) atoms. The quantitative estimate of drug-likeness (QED) is 0.361. The van der Waals surface area contributed by atoms with Crippen LogP contribution in [0.2, 0.25) is 0 Å². The van der Waals surface area contributed by atoms with Crippen molar-refractivity contribution in [2.75, 3.05) is 0 Å². The first-order valence-electron chi connectivity index (χ1n) is 13.1. The lowest BCUT2D eigenvalue weighted by Gasteiger charge is -2.43. The third kappa shape index (κ3) is 5.72. The van der Waals surface area contributed by atoms with E-state index in [9.17, 15) is 20.0 Å². The van der Waals surface area contributed by atoms with Crippen LogP contribution in [0.15, 0.2) is 66.9 Å². The molecule has 0 unspecified atom stereocenters. The maximum atomic E-state index is 13.3. The molecule has 2 aromatic carbocycles. The van der Waals surface area contributed by atoms with E-state index < -0.39 is 11.5 Å². The number of unbranched alkanes of at least 4 members (excludes halogenated alkanes) is 1. The van der Waals surface area contributed by atoms with Gasteiger partial charge in [-0.15, -0.1) is 0 Å². The number of aliphatic carboxylic acids is 1. The van der Waals surface area contributed by atoms with Crippen molar-refractivity contribution >= 4 is 11.9 Å². The van der Waals surface area contributed by atoms with Gasteiger partial charge in [-0.25, -0.2) is 4.79 Å². The minimum Gasteiger partial charge on any atom is -0.479 e. The number of pyridine rings is 1. The van der Waals surface area contributed by atoms with E-state index in [4.69, 9.17) is 0 Å². The van der Waals surface area contributed by atoms with Gasteiger partial charge in [-0.3, -0.25) is 9.78 Å². The van der Waals surface area contributed by atoms with Crippen molar-refractivity contribution in [1.82, 2.24) is 9.88 Å². The first kappa shape index (κ1) is 26.1. The molecule has 0 spiro atoms. The molecule has 1 amide bonds. The molecule has 0 saturated heterocycles. The van der Waals surface area contributed by atoms with E-state index in [1.54, 1.807) is 17.2 Å². The minimum absolute atomic E-state index is 0.0925. The zero-order chi connectivity index (χ0) is 26.3. The number of rotatable bonds is 9. The Labute approximate surface area is 218 Å². The van der Waals surface area contributed by atoms with E-state index in [2.05, 4.69) is 11.1 Å². The molecule has 4 rings (SSSR count). The summed E-state index contributed by atoms with van der Waals surface area (Å²) in [7, 11) is 0. The molecule has 0 bridgehead atoms. The zero-order valence-corrected chi connectivity index (χ0v) is 21.3. The van der Waals surface area contributed by atoms with Crippen LogP contribution in [0.1, 0.15) is 69.4 Å². The Morgan fingerprint density at radius 2 is 1.76 bits per heavy atom. The Morgan fingerprint density at radius 1 is 1.03 bits per heavy atom. The van der Waals surface area contributed by atoms with Crippen LogP contribution in [0.5, 0.6) is 0 Å². The molecular formula is C31H33N3O3. The predicted molar refractivity (Wildman–Crippen MR) is 143 cm³/mol. The molecule has 1 aliphatic rings. The summed E-state index contributed by atoms with van der Waals surface area (Å²) in [5, 5.41) is 20.0. The lowest BCUT2D eigenvalue weighted by atomic mass is 9.79. The number of carbonyl (C=O) groups is 2. The van der Waals surface area contributed by atoms with Crippen molar-refractivity contribution in [2.24, 2.45) is 0 Å². The normalized spacial score (nSPS) is 14.5. The first-order chi connectivity index (χ1) is 18.0. The highest BCUT2D eigenvalue weighted by Crippen LogP contribution is 2.36. The van der Waals surface area contributed by atoms with Gasteiger partial charge in [0, 0.05) is 30.3 Å². The van der Waals surface area contributed by atoms with Gasteiger partial charge in [0.15, 0.2) is 0 Å². The molecule has 1 aromatic heterocycles. The van der Waals surface area contributed by atoms with E-state index in [0.717, 1.165) is 60.1 Å². The summed E-state index contributed by atoms with van der Waals surface area (Å²) in [6, 6.07) is 21.4. The summed E-state index contributed by atoms with van der Waals surface area (Å²) in [6.07, 6.45) is 7.33. The minimum atomic E-state index is -1.15. The molecule has 0 radical (unpaired) electrons. The number of nitrogens with zero attached hydrogens (tertiary/aromatic N) is 3. The Bertz CT molecular complexity index is 1270. The van der Waals surface area contributed by atoms with E-state index in [-0.39, 0.29) is 12.5 Å². The van der Waals surface area contributed by atoms with Crippen LogP contribution in [0.4, 0.5) is 0 Å². The largest absolute Gasteiger partial charge is 0.479 e. The number of nitriles is 1. The SMILES string of the molecule is CCCCC(=O)N(Cc1ccc(-c2cc(-c3ccccn3)ccc2C#N)cc1)C1(C(=O)O)CCCCC1. The lowest BCUT2D eigenvalue weighted by Crippen LogP contribution is -2.57. The molecule has 1 aliphatic carbocycles. The second-order valence-electron chi connectivity index (χ2n) is 9.76. The number of carbonyl (C=O) groups excluding carboxylic acids is 1. The Hall–Kier alpha value is -3.98. The first-order valence-corrected chi connectivity index (χ1v) is 13.1. The maximum Gasteiger partial charge on any atom is 0.329 e. The van der Waals surface area contributed by atoms with Crippen LogP contribution < -0.4 is 0 Å². The average molecular weight is 496 g/mol. The van der Waals surface area contributed by atoms with E-state index >= 15 is 0 Å². The number of benzene rings is 2. The molecule has 190 valence electrons. The highest BCUT2D eigenvalue weighted by molar-refractivity contribution is 5.87. The third-order valence-corrected chi connectivity index (χ3v) is 7.35. The zero-order valence-electron chi connectivity index (χ0n) is 21.3. The highest BCUT2D eigenvalue weighted by atomic mass is 16.4. The van der Waals surface area contributed by atoms with Crippen molar-refractivity contribution in [2.45, 2.75) is 70.4 Å². The second-order valence-corrected chi connectivity index (χ2v) is 9.76. The fourth-order valence-corrected chi connectivity index (χ4v) is 5.22. The summed E-state index contributed by atoms with van der Waals surface area (Å²) in [5.74, 6) is -0.997. The Balaban J connectivity index is 1.64. The van der Waals surface area contributed by atoms with Crippen molar-refractivity contribution < 1.29 is 14.7 Å². The number of aromatic nitrogens is 1. The monoisotopic (exact) mass is 495 g/mol. The van der Waals surface area contributed by atoms with Crippen molar-refractivity contribution in [3.8, 4) is 28.5 Å². The number of amides is 1. The van der Waals surface area contributed by atoms with Crippen molar-refractivity contribution in [1.29, 1.82) is 5.26 Å². The number of carboxylic acid groups (broad SMARTS) is 1. The van der Waals surface area contributed by atoms with E-state index in [1.165, 1.54) is 0 Å². The van der Waals surface area contributed by atoms with E-state index in [1.807, 2.05) is 61.5 Å². The topological polar surface area (TPSA) is 94.3 Å². The molecule has 1 heterocycles. The molecule has 0 atom stereocenters. The van der Waals surface area contributed by atoms with Gasteiger partial charge in [0.05, 0.1) is 17.3 Å². The molecule has 1 N–H and O–H groups in total. The molecule has 0 aliphatic heterocycles. The summed E-state index contributed by atoms with van der Waals surface area (Å²) >= 11 is 0. The molecule has 6 nitrogen and oxygen atoms in total. The van der Waals surface area contributed by atoms with Gasteiger partial charge in [-0.05, 0) is 54.7 Å². The maximum absolute atomic E-state index is 13.3. The fraction of sp³-hybridized carbons (Fsp3) is 0.355. The number of hydrogen-bond acceptors (Lipinski definition) is 4. The summed E-state index contributed by atoms with van der Waals surface area (Å²) in [5.41, 5.74) is 3.74. The van der Waals surface area contributed by atoms with Crippen LogP contribution >= 0.6 is 0 Å². The molecule has 3 aromatic rings. The highest BCUT2D eigenvalue weighted by Gasteiger charge is 2.46. The number of carboxylic acids is 1. The van der Waals surface area contributed by atoms with Crippen molar-refractivity contribution in [3.63, 3.8) is 0 Å². The third-order valence-electron chi connectivity index (χ3n) is 7.35. The Kier molecular flexibility index (Phi) is 8.35. The second kappa shape index (κ2) is 11.8. The summed E-state index contributed by atoms with van der Waals surface area (Å²) < 4.78 is 0. The van der Waals surface area contributed by atoms with Gasteiger partial charge in [0.1, 0.15) is 5.54 Å². The molecule has 1 saturated carbocycles. The van der Waals surface area contributed by atoms with Crippen molar-refractivity contribution in [3.05, 3.63) is 78.0 Å². The molecule has 1 fully saturated rings. The van der Waals surface area contributed by atoms with Crippen LogP contribution in [0.3, 0.4) is 0 Å². The summed E-state index contributed by atoms with van der Waals surface area (Å²) in [6.45, 7) is 2.29. The fourth-order valence-electron chi connectivity index (χ4n) is 5.22. The predicted octanol–water partition coefficient (Wildman–Crippen LogP) is 6.59. The lowest BCUT2D eigenvalue weighted by molar-refractivity contribution is -0.163. The van der Waals surface area contributed by atoms with Gasteiger partial charge in [0.2, 0.25) is 5.91 Å². The molecular weight excluding hydrogens is 462 g/mol. The van der Waals surface area contributed by atoms with Crippen LogP contribution in [0.25, 0.3) is 22.4 Å². The van der Waals surface area contributed by atoms with Gasteiger partial charge in [-0.1, -0.05) is 69.0 Å². The number of hydrogen-bond donors (Lipinski definition) is 1. The smallest absolute Gasteiger partial charge is 0.329 e. The van der Waals surface area contributed by atoms with Crippen LogP contribution in [-0.2, 0) is 16.1 Å². The van der Waals surface area contributed by atoms with Crippen LogP contribution in [0, 0.1) is 11.3 Å². The van der Waals surface area contributed by atoms with E-state index in [0.29, 0.717) is 24.8 Å². The Morgan fingerprint density at radius 3 is 2.38 bits per heavy atom. The molecule has 6 heteroatoms. The average Bonchev–Trinajstić information content (AvgIpc) is 2.95. The standard InChI is InChI=1S/C31H33N3O3/c1-2-3-10-29(35)34(31(30(36)37)17-6-4-7-18-31)22-23-11-13-24(14-12-23)27-20-25(15-16-26(27)21-32)28-9-5-8-19-33-28/h5,8-9,11-16,19-20H,2-4,6-7,10,17-18,22H2,1H3,(H,36,37). The van der Waals surface area contributed by atoms with Gasteiger partial charge in [-0.2, -0.15) is 5.26 Å².